The largest absolute Gasteiger partial charge is 0.345 e. The summed E-state index contributed by atoms with van der Waals surface area (Å²) in [5.41, 5.74) is 1.69. The molecule has 0 aliphatic heterocycles. The molecular weight excluding hydrogens is 270 g/mol. The number of hydrogen-bond donors (Lipinski definition) is 1. The predicted octanol–water partition coefficient (Wildman–Crippen LogP) is 4.47. The Morgan fingerprint density at radius 2 is 1.75 bits per heavy atom. The van der Waals surface area contributed by atoms with Gasteiger partial charge in [-0.15, -0.1) is 0 Å². The van der Waals surface area contributed by atoms with E-state index in [9.17, 15) is 4.79 Å². The van der Waals surface area contributed by atoms with Crippen molar-refractivity contribution in [1.82, 2.24) is 5.32 Å². The van der Waals surface area contributed by atoms with Crippen LogP contribution in [-0.4, -0.2) is 5.91 Å². The number of nitrogens with one attached hydrogen (secondary N) is 1. The lowest BCUT2D eigenvalue weighted by Gasteiger charge is -2.23. The van der Waals surface area contributed by atoms with Gasteiger partial charge in [-0.3, -0.25) is 4.79 Å². The number of halogens is 1. The van der Waals surface area contributed by atoms with Gasteiger partial charge in [0.1, 0.15) is 0 Å². The Bertz CT molecular complexity index is 581. The van der Waals surface area contributed by atoms with Gasteiger partial charge >= 0.3 is 0 Å². The SMILES string of the molecule is CC(C)C(NC(=O)c1cccc(Cl)c1)c1ccccc1. The van der Waals surface area contributed by atoms with Crippen LogP contribution < -0.4 is 5.32 Å². The van der Waals surface area contributed by atoms with E-state index in [2.05, 4.69) is 19.2 Å². The molecule has 0 spiro atoms. The van der Waals surface area contributed by atoms with Crippen LogP contribution in [0, 0.1) is 5.92 Å². The fourth-order valence-electron chi connectivity index (χ4n) is 2.15. The van der Waals surface area contributed by atoms with E-state index < -0.39 is 0 Å². The second kappa shape index (κ2) is 6.58. The normalized spacial score (nSPS) is 12.2. The number of hydrogen-bond acceptors (Lipinski definition) is 1. The molecule has 0 saturated carbocycles. The highest BCUT2D eigenvalue weighted by Gasteiger charge is 2.18. The zero-order valence-corrected chi connectivity index (χ0v) is 12.4. The molecule has 0 saturated heterocycles. The summed E-state index contributed by atoms with van der Waals surface area (Å²) in [5.74, 6) is 0.204. The Balaban J connectivity index is 2.19. The van der Waals surface area contributed by atoms with Crippen LogP contribution in [0.25, 0.3) is 0 Å². The summed E-state index contributed by atoms with van der Waals surface area (Å²) in [7, 11) is 0. The van der Waals surface area contributed by atoms with Crippen LogP contribution in [0.1, 0.15) is 35.8 Å². The third kappa shape index (κ3) is 3.61. The molecule has 1 atom stereocenters. The van der Waals surface area contributed by atoms with Gasteiger partial charge in [0.25, 0.3) is 5.91 Å². The molecule has 0 aliphatic rings. The van der Waals surface area contributed by atoms with Gasteiger partial charge in [0.15, 0.2) is 0 Å². The smallest absolute Gasteiger partial charge is 0.251 e. The molecule has 2 rings (SSSR count). The van der Waals surface area contributed by atoms with Gasteiger partial charge in [-0.25, -0.2) is 0 Å². The van der Waals surface area contributed by atoms with E-state index in [0.717, 1.165) is 5.56 Å². The van der Waals surface area contributed by atoms with Crippen molar-refractivity contribution in [2.45, 2.75) is 19.9 Å². The third-order valence-electron chi connectivity index (χ3n) is 3.20. The van der Waals surface area contributed by atoms with Gasteiger partial charge in [-0.2, -0.15) is 0 Å². The van der Waals surface area contributed by atoms with Crippen LogP contribution in [0.15, 0.2) is 54.6 Å². The lowest BCUT2D eigenvalue weighted by Crippen LogP contribution is -2.31. The van der Waals surface area contributed by atoms with Crippen molar-refractivity contribution in [1.29, 1.82) is 0 Å². The van der Waals surface area contributed by atoms with Crippen molar-refractivity contribution in [2.24, 2.45) is 5.92 Å². The van der Waals surface area contributed by atoms with Gasteiger partial charge in [0.05, 0.1) is 6.04 Å². The summed E-state index contributed by atoms with van der Waals surface area (Å²) >= 11 is 5.93. The van der Waals surface area contributed by atoms with Gasteiger partial charge in [-0.05, 0) is 29.7 Å². The molecule has 0 heterocycles. The highest BCUT2D eigenvalue weighted by Crippen LogP contribution is 2.22. The number of benzene rings is 2. The molecule has 0 aliphatic carbocycles. The van der Waals surface area contributed by atoms with Crippen molar-refractivity contribution in [3.05, 3.63) is 70.7 Å². The van der Waals surface area contributed by atoms with Gasteiger partial charge < -0.3 is 5.32 Å². The average Bonchev–Trinajstić information content (AvgIpc) is 2.45. The first-order chi connectivity index (χ1) is 9.58. The minimum atomic E-state index is -0.102. The molecule has 20 heavy (non-hydrogen) atoms. The summed E-state index contributed by atoms with van der Waals surface area (Å²) in [6, 6.07) is 17.0. The fraction of sp³-hybridized carbons (Fsp3) is 0.235. The zero-order chi connectivity index (χ0) is 14.5. The second-order valence-electron chi connectivity index (χ2n) is 5.12. The maximum absolute atomic E-state index is 12.3. The van der Waals surface area contributed by atoms with E-state index in [1.165, 1.54) is 0 Å². The second-order valence-corrected chi connectivity index (χ2v) is 5.55. The lowest BCUT2D eigenvalue weighted by molar-refractivity contribution is 0.0925. The molecule has 0 bridgehead atoms. The molecule has 1 amide bonds. The molecule has 2 aromatic carbocycles. The summed E-state index contributed by atoms with van der Waals surface area (Å²) in [4.78, 5) is 12.3. The van der Waals surface area contributed by atoms with E-state index >= 15 is 0 Å². The van der Waals surface area contributed by atoms with Crippen LogP contribution in [0.5, 0.6) is 0 Å². The minimum absolute atomic E-state index is 0.0114. The fourth-order valence-corrected chi connectivity index (χ4v) is 2.34. The van der Waals surface area contributed by atoms with Crippen molar-refractivity contribution in [3.8, 4) is 0 Å². The molecule has 0 aromatic heterocycles. The highest BCUT2D eigenvalue weighted by atomic mass is 35.5. The summed E-state index contributed by atoms with van der Waals surface area (Å²) < 4.78 is 0. The molecule has 1 unspecified atom stereocenters. The molecule has 0 radical (unpaired) electrons. The van der Waals surface area contributed by atoms with E-state index in [-0.39, 0.29) is 11.9 Å². The van der Waals surface area contributed by atoms with Crippen LogP contribution in [0.4, 0.5) is 0 Å². The van der Waals surface area contributed by atoms with E-state index in [4.69, 9.17) is 11.6 Å². The number of carbonyl (C=O) groups excluding carboxylic acids is 1. The Kier molecular flexibility index (Phi) is 4.80. The van der Waals surface area contributed by atoms with Crippen molar-refractivity contribution >= 4 is 17.5 Å². The van der Waals surface area contributed by atoms with E-state index in [0.29, 0.717) is 16.5 Å². The predicted molar refractivity (Wildman–Crippen MR) is 82.9 cm³/mol. The van der Waals surface area contributed by atoms with E-state index in [1.54, 1.807) is 24.3 Å². The summed E-state index contributed by atoms with van der Waals surface area (Å²) in [5, 5.41) is 3.65. The van der Waals surface area contributed by atoms with E-state index in [1.807, 2.05) is 30.3 Å². The summed E-state index contributed by atoms with van der Waals surface area (Å²) in [6.07, 6.45) is 0. The molecule has 2 nitrogen and oxygen atoms in total. The zero-order valence-electron chi connectivity index (χ0n) is 11.6. The molecule has 3 heteroatoms. The number of rotatable bonds is 4. The molecular formula is C17H18ClNO. The number of carbonyl (C=O) groups is 1. The molecule has 2 aromatic rings. The number of amides is 1. The van der Waals surface area contributed by atoms with Gasteiger partial charge in [-0.1, -0.05) is 61.8 Å². The van der Waals surface area contributed by atoms with Gasteiger partial charge in [0, 0.05) is 10.6 Å². The topological polar surface area (TPSA) is 29.1 Å². The standard InChI is InChI=1S/C17H18ClNO/c1-12(2)16(13-7-4-3-5-8-13)19-17(20)14-9-6-10-15(18)11-14/h3-12,16H,1-2H3,(H,19,20). The molecule has 0 fully saturated rings. The first-order valence-corrected chi connectivity index (χ1v) is 7.07. The van der Waals surface area contributed by atoms with Crippen LogP contribution in [0.3, 0.4) is 0 Å². The van der Waals surface area contributed by atoms with Crippen LogP contribution >= 0.6 is 11.6 Å². The Labute approximate surface area is 124 Å². The average molecular weight is 288 g/mol. The van der Waals surface area contributed by atoms with Crippen molar-refractivity contribution in [2.75, 3.05) is 0 Å². The first-order valence-electron chi connectivity index (χ1n) is 6.69. The summed E-state index contributed by atoms with van der Waals surface area (Å²) in [6.45, 7) is 4.19. The Morgan fingerprint density at radius 1 is 1.05 bits per heavy atom. The van der Waals surface area contributed by atoms with Gasteiger partial charge in [0.2, 0.25) is 0 Å². The highest BCUT2D eigenvalue weighted by molar-refractivity contribution is 6.30. The quantitative estimate of drug-likeness (QED) is 0.883. The third-order valence-corrected chi connectivity index (χ3v) is 3.43. The van der Waals surface area contributed by atoms with Crippen molar-refractivity contribution in [3.63, 3.8) is 0 Å². The van der Waals surface area contributed by atoms with Crippen molar-refractivity contribution < 1.29 is 4.79 Å². The lowest BCUT2D eigenvalue weighted by atomic mass is 9.95. The Morgan fingerprint density at radius 3 is 2.35 bits per heavy atom. The van der Waals surface area contributed by atoms with Crippen LogP contribution in [-0.2, 0) is 0 Å². The maximum Gasteiger partial charge on any atom is 0.251 e. The van der Waals surface area contributed by atoms with Crippen LogP contribution in [0.2, 0.25) is 5.02 Å². The monoisotopic (exact) mass is 287 g/mol. The maximum atomic E-state index is 12.3. The Hall–Kier alpha value is -1.80. The molecule has 104 valence electrons. The first kappa shape index (κ1) is 14.6. The molecule has 1 N–H and O–H groups in total. The minimum Gasteiger partial charge on any atom is -0.345 e.